The number of nitrogens with zero attached hydrogens (tertiary/aromatic N) is 5. The van der Waals surface area contributed by atoms with Gasteiger partial charge in [0.25, 0.3) is 23.6 Å². The van der Waals surface area contributed by atoms with Crippen molar-refractivity contribution in [3.63, 3.8) is 0 Å². The number of rotatable bonds is 18. The number of amides is 4. The molecule has 0 radical (unpaired) electrons. The first-order valence-corrected chi connectivity index (χ1v) is 45.2. The molecule has 674 valence electrons. The Morgan fingerprint density at radius 1 is 0.341 bits per heavy atom. The van der Waals surface area contributed by atoms with E-state index >= 15 is 35.9 Å². The van der Waals surface area contributed by atoms with Gasteiger partial charge in [0.2, 0.25) is 0 Å². The maximum absolute atomic E-state index is 15.6. The molecule has 135 heavy (non-hydrogen) atoms. The fourth-order valence-electron chi connectivity index (χ4n) is 20.4. The van der Waals surface area contributed by atoms with Crippen molar-refractivity contribution in [2.24, 2.45) is 0 Å². The molecular formula is C116H97F6N7O6. The third-order valence-electron chi connectivity index (χ3n) is 26.1. The number of anilines is 4. The summed E-state index contributed by atoms with van der Waals surface area (Å²) in [4.78, 5) is 81.0. The van der Waals surface area contributed by atoms with Gasteiger partial charge in [-0.2, -0.15) is 26.3 Å². The Bertz CT molecular complexity index is 7540. The number of unbranched alkanes of at least 4 members (excludes halogenated alkanes) is 5. The number of hydrogen-bond acceptors (Lipinski definition) is 9. The van der Waals surface area contributed by atoms with Crippen LogP contribution in [-0.4, -0.2) is 69.2 Å². The number of aryl methyl sites for hydroxylation is 12. The minimum absolute atomic E-state index is 0.179. The second-order valence-corrected chi connectivity index (χ2v) is 35.7. The van der Waals surface area contributed by atoms with E-state index in [0.29, 0.717) is 51.6 Å². The molecule has 13 nitrogen and oxygen atoms in total. The highest BCUT2D eigenvalue weighted by Crippen LogP contribution is 2.52. The van der Waals surface area contributed by atoms with Gasteiger partial charge in [-0.25, -0.2) is 14.9 Å². The van der Waals surface area contributed by atoms with E-state index in [9.17, 15) is 9.59 Å². The Hall–Kier alpha value is -15.3. The zero-order valence-corrected chi connectivity index (χ0v) is 77.7. The number of H-pyrrole nitrogens is 2. The molecule has 19 heteroatoms. The third-order valence-corrected chi connectivity index (χ3v) is 26.1. The molecule has 7 heterocycles. The lowest BCUT2D eigenvalue weighted by molar-refractivity contribution is -0.138. The van der Waals surface area contributed by atoms with Gasteiger partial charge < -0.3 is 24.3 Å². The highest BCUT2D eigenvalue weighted by molar-refractivity contribution is 6.40. The number of ether oxygens (including phenoxy) is 2. The number of alkyl halides is 6. The van der Waals surface area contributed by atoms with Crippen molar-refractivity contribution in [1.82, 2.24) is 24.8 Å². The molecule has 0 aliphatic carbocycles. The van der Waals surface area contributed by atoms with Crippen molar-refractivity contribution in [3.05, 3.63) is 339 Å². The number of halogens is 6. The van der Waals surface area contributed by atoms with E-state index in [-0.39, 0.29) is 29.8 Å². The quantitative estimate of drug-likeness (QED) is 0.0370. The predicted octanol–water partition coefficient (Wildman–Crippen LogP) is 28.9. The molecule has 0 saturated heterocycles. The lowest BCUT2D eigenvalue weighted by atomic mass is 9.80. The maximum Gasteiger partial charge on any atom is 0.417 e. The topological polar surface area (TPSA) is 154 Å². The minimum Gasteiger partial charge on any atom is -0.497 e. The van der Waals surface area contributed by atoms with Gasteiger partial charge in [-0.05, 0) is 348 Å². The molecule has 18 rings (SSSR count). The zero-order chi connectivity index (χ0) is 95.2. The summed E-state index contributed by atoms with van der Waals surface area (Å²) in [5, 5.41) is -1.66. The van der Waals surface area contributed by atoms with E-state index in [1.54, 1.807) is 14.2 Å². The Morgan fingerprint density at radius 3 is 1.08 bits per heavy atom. The average molecular weight is 1800 g/mol. The van der Waals surface area contributed by atoms with E-state index in [2.05, 4.69) is 247 Å². The van der Waals surface area contributed by atoms with Gasteiger partial charge in [0.1, 0.15) is 11.5 Å². The van der Waals surface area contributed by atoms with Crippen molar-refractivity contribution in [2.45, 2.75) is 141 Å². The predicted molar refractivity (Wildman–Crippen MR) is 529 cm³/mol. The van der Waals surface area contributed by atoms with Crippen LogP contribution in [0.3, 0.4) is 0 Å². The molecule has 0 unspecified atom stereocenters. The van der Waals surface area contributed by atoms with Crippen molar-refractivity contribution in [3.8, 4) is 90.8 Å². The molecule has 14 aromatic rings. The first-order valence-electron chi connectivity index (χ1n) is 45.2. The molecule has 0 saturated carbocycles. The highest BCUT2D eigenvalue weighted by atomic mass is 19.4. The number of aromatic amines is 2. The van der Waals surface area contributed by atoms with E-state index in [4.69, 9.17) is 19.4 Å². The standard InChI is InChI=1S/C116H97F6N7O6/c1-16-17-18-19-20-21-50-127-111(130)86-61-89(116(120,121)122)107-105-87(62-88(115(117,118)119)106(104(86)105)113(127)132)112(131)129(114(107)133)110-73(12)57-78(58-74(110)13)25-23-76-28-32-80(33-29-76)103-92-44-48-96(125-92)108(100-65(4)51-63(2)52-66(100)5)94-46-42-90(123-94)102(91-43-47-95(124-91)109(97-49-45-93(103)126-97)101-67(6)53-64(3)54-68(101)7)79-30-26-75(27-31-79)22-24-77-55-69(8)98(70(9)56-77)99-71(10)59-83(60-72(99)11)128(81-34-38-84(134-14)39-35-81)82-36-40-85(135-15)41-37-82/h26-49,51-62,123,126H,16-21,50H2,1-15H3. The Morgan fingerprint density at radius 2 is 0.681 bits per heavy atom. The molecule has 3 aromatic heterocycles. The summed E-state index contributed by atoms with van der Waals surface area (Å²) >= 11 is 0. The van der Waals surface area contributed by atoms with Gasteiger partial charge in [0.15, 0.2) is 0 Å². The summed E-state index contributed by atoms with van der Waals surface area (Å²) < 4.78 is 104. The van der Waals surface area contributed by atoms with Gasteiger partial charge in [-0.1, -0.05) is 122 Å². The molecule has 4 aliphatic heterocycles. The molecule has 4 amide bonds. The normalized spacial score (nSPS) is 12.8. The van der Waals surface area contributed by atoms with Crippen LogP contribution in [0.1, 0.15) is 210 Å². The number of carbonyl (C=O) groups excluding carboxylic acids is 4. The Kier molecular flexibility index (Phi) is 23.8. The van der Waals surface area contributed by atoms with Gasteiger partial charge in [0, 0.05) is 112 Å². The largest absolute Gasteiger partial charge is 0.497 e. The van der Waals surface area contributed by atoms with Crippen LogP contribution in [0.5, 0.6) is 11.5 Å². The van der Waals surface area contributed by atoms with Crippen LogP contribution in [0.4, 0.5) is 49.1 Å². The zero-order valence-electron chi connectivity index (χ0n) is 77.7. The molecule has 0 atom stereocenters. The molecule has 8 bridgehead atoms. The van der Waals surface area contributed by atoms with Crippen LogP contribution in [0.2, 0.25) is 0 Å². The van der Waals surface area contributed by atoms with E-state index < -0.39 is 80.1 Å². The number of aromatic nitrogens is 4. The summed E-state index contributed by atoms with van der Waals surface area (Å²) in [6, 6.07) is 62.1. The van der Waals surface area contributed by atoms with Crippen molar-refractivity contribution in [1.29, 1.82) is 0 Å². The third kappa shape index (κ3) is 16.7. The number of nitrogens with one attached hydrogen (secondary N) is 2. The van der Waals surface area contributed by atoms with Gasteiger partial charge in [-0.3, -0.25) is 24.1 Å². The number of methoxy groups -OCH3 is 2. The SMILES string of the molecule is CCCCCCCCN1C(=O)c2cc(C(F)(F)F)c3c4c(cc(C(F)(F)F)c(c24)C1=O)C(=O)N(c1c(C)cc(C#Cc2ccc(-c4c5nc(c(-c6c(C)cc(C)cc6C)c6ccc([nH]6)c(-c6ccc(C#Cc7cc(C)c(-c8c(C)cc(N(c9ccc(OC)cc9)c9ccc(OC)cc9)cc8C)c(C)c7)cc6)c6nc(c(-c7c(C)cc(C)cc7C)c7ccc4[nH]7)C=C6)C=C5)cc2)cc1C)C3=O. The molecule has 2 N–H and O–H groups in total. The number of benzene rings is 11. The van der Waals surface area contributed by atoms with E-state index in [1.807, 2.05) is 61.5 Å². The van der Waals surface area contributed by atoms with E-state index in [1.165, 1.54) is 37.1 Å². The number of carbonyl (C=O) groups is 4. The first kappa shape index (κ1) is 90.2. The van der Waals surface area contributed by atoms with Gasteiger partial charge in [0.05, 0.1) is 64.9 Å². The Labute approximate surface area is 780 Å². The first-order chi connectivity index (χ1) is 64.7. The highest BCUT2D eigenvalue weighted by Gasteiger charge is 2.51. The number of fused-ring (bicyclic) bond motifs is 8. The van der Waals surface area contributed by atoms with Crippen molar-refractivity contribution >= 4 is 104 Å². The monoisotopic (exact) mass is 1800 g/mol. The molecule has 11 aromatic carbocycles. The summed E-state index contributed by atoms with van der Waals surface area (Å²) in [5.74, 6) is 9.55. The lowest BCUT2D eigenvalue weighted by Gasteiger charge is -2.35. The lowest BCUT2D eigenvalue weighted by Crippen LogP contribution is -2.46. The summed E-state index contributed by atoms with van der Waals surface area (Å²) in [5.41, 5.74) is 25.3. The number of imide groups is 2. The van der Waals surface area contributed by atoms with Crippen LogP contribution >= 0.6 is 0 Å². The molecule has 0 spiro atoms. The van der Waals surface area contributed by atoms with Crippen molar-refractivity contribution < 1.29 is 55.0 Å². The molecule has 0 fully saturated rings. The fraction of sp³-hybridized carbons (Fsp3) is 0.207. The van der Waals surface area contributed by atoms with Crippen LogP contribution in [0, 0.1) is 107 Å². The van der Waals surface area contributed by atoms with Gasteiger partial charge >= 0.3 is 12.4 Å². The van der Waals surface area contributed by atoms with Gasteiger partial charge in [-0.15, -0.1) is 0 Å². The van der Waals surface area contributed by atoms with Crippen LogP contribution in [0.25, 0.3) is 113 Å². The van der Waals surface area contributed by atoms with E-state index in [0.717, 1.165) is 198 Å². The molecule has 4 aliphatic rings. The molecular weight excluding hydrogens is 1700 g/mol. The maximum atomic E-state index is 15.6. The smallest absolute Gasteiger partial charge is 0.417 e. The van der Waals surface area contributed by atoms with Crippen LogP contribution in [-0.2, 0) is 12.4 Å². The summed E-state index contributed by atoms with van der Waals surface area (Å²) in [6.45, 7) is 26.1. The van der Waals surface area contributed by atoms with Crippen LogP contribution in [0.15, 0.2) is 194 Å². The number of hydrogen-bond donors (Lipinski definition) is 2. The van der Waals surface area contributed by atoms with Crippen LogP contribution < -0.4 is 19.3 Å². The average Bonchev–Trinajstić information content (AvgIpc) is 1.24. The summed E-state index contributed by atoms with van der Waals surface area (Å²) in [6.07, 6.45) is 1.66. The minimum atomic E-state index is -5.37. The van der Waals surface area contributed by atoms with Crippen molar-refractivity contribution in [2.75, 3.05) is 30.6 Å². The second kappa shape index (κ2) is 35.7. The Balaban J connectivity index is 0.700. The second-order valence-electron chi connectivity index (χ2n) is 35.7. The fourth-order valence-corrected chi connectivity index (χ4v) is 20.4. The summed E-state index contributed by atoms with van der Waals surface area (Å²) in [7, 11) is 3.35.